The van der Waals surface area contributed by atoms with E-state index in [2.05, 4.69) is 9.97 Å². The Morgan fingerprint density at radius 3 is 1.47 bits per heavy atom. The first-order valence-electron chi connectivity index (χ1n) is 12.8. The van der Waals surface area contributed by atoms with Crippen molar-refractivity contribution >= 4 is 34.9 Å². The number of nitrogens with zero attached hydrogens (tertiary/aromatic N) is 4. The van der Waals surface area contributed by atoms with Gasteiger partial charge in [-0.2, -0.15) is 0 Å². The van der Waals surface area contributed by atoms with Gasteiger partial charge in [-0.3, -0.25) is 0 Å². The maximum atomic E-state index is 11.9. The fourth-order valence-electron chi connectivity index (χ4n) is 4.24. The van der Waals surface area contributed by atoms with Crippen molar-refractivity contribution in [2.75, 3.05) is 26.2 Å². The van der Waals surface area contributed by atoms with Crippen LogP contribution >= 0.6 is 22.7 Å². The molecule has 0 aromatic carbocycles. The summed E-state index contributed by atoms with van der Waals surface area (Å²) in [6.07, 6.45) is 3.13. The number of aromatic nitrogens is 2. The molecule has 0 spiro atoms. The predicted molar refractivity (Wildman–Crippen MR) is 146 cm³/mol. The van der Waals surface area contributed by atoms with Crippen molar-refractivity contribution in [2.45, 2.75) is 77.8 Å². The Balaban J connectivity index is 0.000000211. The quantitative estimate of drug-likeness (QED) is 0.535. The highest BCUT2D eigenvalue weighted by Crippen LogP contribution is 2.32. The number of hydrogen-bond acceptors (Lipinski definition) is 10. The maximum Gasteiger partial charge on any atom is 0.410 e. The molecule has 4 rings (SSSR count). The Morgan fingerprint density at radius 2 is 1.18 bits per heavy atom. The van der Waals surface area contributed by atoms with Crippen LogP contribution in [-0.2, 0) is 9.47 Å². The minimum atomic E-state index is -0.590. The number of carbonyl (C=O) groups is 2. The fourth-order valence-corrected chi connectivity index (χ4v) is 5.67. The summed E-state index contributed by atoms with van der Waals surface area (Å²) in [6.45, 7) is 13.4. The summed E-state index contributed by atoms with van der Waals surface area (Å²) >= 11 is 2.88. The third-order valence-electron chi connectivity index (χ3n) is 6.05. The standard InChI is InChI=1S/2C13H20N2O3S/c2*1-13(2,3)18-12(17)15-6-4-9(8-15)10(16)11-14-5-7-19-11/h2*5,7,9-10,16H,4,6,8H2,1-3H3/t9-,10?;9-,10-/m00/s1. The molecule has 2 aromatic heterocycles. The first-order valence-corrected chi connectivity index (χ1v) is 14.6. The zero-order chi connectivity index (χ0) is 28.1. The average molecular weight is 569 g/mol. The van der Waals surface area contributed by atoms with Crippen LogP contribution in [0.3, 0.4) is 0 Å². The van der Waals surface area contributed by atoms with Crippen molar-refractivity contribution < 1.29 is 29.3 Å². The molecular weight excluding hydrogens is 528 g/mol. The van der Waals surface area contributed by atoms with Crippen molar-refractivity contribution in [1.29, 1.82) is 0 Å². The van der Waals surface area contributed by atoms with Crippen LogP contribution in [0, 0.1) is 11.8 Å². The van der Waals surface area contributed by atoms with Gasteiger partial charge in [0.1, 0.15) is 33.4 Å². The summed E-state index contributed by atoms with van der Waals surface area (Å²) in [7, 11) is 0. The molecule has 12 heteroatoms. The summed E-state index contributed by atoms with van der Waals surface area (Å²) in [5.41, 5.74) is -0.966. The molecule has 2 saturated heterocycles. The molecule has 2 amide bonds. The zero-order valence-electron chi connectivity index (χ0n) is 23.0. The van der Waals surface area contributed by atoms with Crippen molar-refractivity contribution in [2.24, 2.45) is 11.8 Å². The van der Waals surface area contributed by atoms with Gasteiger partial charge < -0.3 is 29.5 Å². The van der Waals surface area contributed by atoms with Crippen LogP contribution in [0.25, 0.3) is 0 Å². The lowest BCUT2D eigenvalue weighted by Gasteiger charge is -2.24. The Hall–Kier alpha value is -2.28. The molecule has 2 aliphatic rings. The number of aliphatic hydroxyl groups excluding tert-OH is 2. The van der Waals surface area contributed by atoms with Crippen LogP contribution in [0.5, 0.6) is 0 Å². The highest BCUT2D eigenvalue weighted by molar-refractivity contribution is 7.09. The van der Waals surface area contributed by atoms with E-state index in [0.29, 0.717) is 26.2 Å². The minimum absolute atomic E-state index is 0.0404. The monoisotopic (exact) mass is 568 g/mol. The second-order valence-corrected chi connectivity index (χ2v) is 13.4. The molecule has 4 heterocycles. The smallest absolute Gasteiger partial charge is 0.410 e. The van der Waals surface area contributed by atoms with Crippen molar-refractivity contribution in [1.82, 2.24) is 19.8 Å². The van der Waals surface area contributed by atoms with E-state index in [0.717, 1.165) is 22.9 Å². The van der Waals surface area contributed by atoms with Crippen molar-refractivity contribution in [3.63, 3.8) is 0 Å². The number of ether oxygens (including phenoxy) is 2. The van der Waals surface area contributed by atoms with Gasteiger partial charge in [0, 0.05) is 61.2 Å². The molecule has 2 N–H and O–H groups in total. The lowest BCUT2D eigenvalue weighted by molar-refractivity contribution is 0.0256. The van der Waals surface area contributed by atoms with Gasteiger partial charge in [0.2, 0.25) is 0 Å². The van der Waals surface area contributed by atoms with Gasteiger partial charge in [-0.25, -0.2) is 19.6 Å². The molecule has 4 atom stereocenters. The molecule has 2 aromatic rings. The van der Waals surface area contributed by atoms with Crippen LogP contribution in [0.15, 0.2) is 23.2 Å². The fraction of sp³-hybridized carbons (Fsp3) is 0.692. The number of rotatable bonds is 4. The van der Waals surface area contributed by atoms with Gasteiger partial charge in [0.05, 0.1) is 0 Å². The normalized spacial score (nSPS) is 21.5. The summed E-state index contributed by atoms with van der Waals surface area (Å²) in [6, 6.07) is 0. The van der Waals surface area contributed by atoms with Crippen LogP contribution in [0.2, 0.25) is 0 Å². The van der Waals surface area contributed by atoms with E-state index in [1.807, 2.05) is 52.3 Å². The lowest BCUT2D eigenvalue weighted by Crippen LogP contribution is -2.35. The van der Waals surface area contributed by atoms with Crippen molar-refractivity contribution in [3.8, 4) is 0 Å². The minimum Gasteiger partial charge on any atom is -0.444 e. The Kier molecular flexibility index (Phi) is 10.1. The number of thiazole rings is 2. The van der Waals surface area contributed by atoms with E-state index in [1.54, 1.807) is 22.2 Å². The largest absolute Gasteiger partial charge is 0.444 e. The molecule has 2 fully saturated rings. The number of amides is 2. The highest BCUT2D eigenvalue weighted by atomic mass is 32.1. The molecule has 0 saturated carbocycles. The second-order valence-electron chi connectivity index (χ2n) is 11.6. The molecule has 0 aliphatic carbocycles. The van der Waals surface area contributed by atoms with E-state index in [-0.39, 0.29) is 24.0 Å². The molecule has 0 radical (unpaired) electrons. The number of hydrogen-bond donors (Lipinski definition) is 2. The number of carbonyl (C=O) groups excluding carboxylic acids is 2. The van der Waals surface area contributed by atoms with Crippen LogP contribution in [0.1, 0.15) is 76.6 Å². The Morgan fingerprint density at radius 1 is 0.816 bits per heavy atom. The van der Waals surface area contributed by atoms with Gasteiger partial charge in [-0.1, -0.05) is 0 Å². The van der Waals surface area contributed by atoms with Crippen LogP contribution in [-0.4, -0.2) is 79.5 Å². The summed E-state index contributed by atoms with van der Waals surface area (Å²) < 4.78 is 10.7. The molecule has 0 bridgehead atoms. The first-order chi connectivity index (χ1) is 17.7. The Labute approximate surface area is 232 Å². The molecule has 2 aliphatic heterocycles. The average Bonchev–Trinajstić information content (AvgIpc) is 3.64. The van der Waals surface area contributed by atoms with Gasteiger partial charge in [0.25, 0.3) is 0 Å². The predicted octanol–water partition coefficient (Wildman–Crippen LogP) is 4.87. The first kappa shape index (κ1) is 30.3. The van der Waals surface area contributed by atoms with E-state index in [9.17, 15) is 19.8 Å². The third kappa shape index (κ3) is 8.89. The van der Waals surface area contributed by atoms with E-state index < -0.39 is 23.4 Å². The maximum absolute atomic E-state index is 11.9. The van der Waals surface area contributed by atoms with Crippen LogP contribution in [0.4, 0.5) is 9.59 Å². The summed E-state index contributed by atoms with van der Waals surface area (Å²) in [5.74, 6) is 0.0809. The molecule has 212 valence electrons. The van der Waals surface area contributed by atoms with E-state index in [1.165, 1.54) is 22.7 Å². The second kappa shape index (κ2) is 12.7. The number of likely N-dealkylation sites (tertiary alicyclic amines) is 2. The van der Waals surface area contributed by atoms with Gasteiger partial charge in [-0.15, -0.1) is 22.7 Å². The van der Waals surface area contributed by atoms with Gasteiger partial charge in [0.15, 0.2) is 0 Å². The highest BCUT2D eigenvalue weighted by Gasteiger charge is 2.36. The van der Waals surface area contributed by atoms with Crippen molar-refractivity contribution in [3.05, 3.63) is 33.2 Å². The van der Waals surface area contributed by atoms with Gasteiger partial charge in [-0.05, 0) is 54.4 Å². The molecule has 10 nitrogen and oxygen atoms in total. The zero-order valence-corrected chi connectivity index (χ0v) is 24.6. The van der Waals surface area contributed by atoms with E-state index in [4.69, 9.17) is 9.47 Å². The Bertz CT molecular complexity index is 937. The van der Waals surface area contributed by atoms with Gasteiger partial charge >= 0.3 is 12.2 Å². The summed E-state index contributed by atoms with van der Waals surface area (Å²) in [5, 5.41) is 25.6. The molecule has 38 heavy (non-hydrogen) atoms. The molecule has 1 unspecified atom stereocenters. The SMILES string of the molecule is CC(C)(C)OC(=O)N1CC[C@H](C(O)c2nccs2)C1.CC(C)(C)OC(=O)N1CC[C@H]([C@H](O)c2nccs2)C1. The lowest BCUT2D eigenvalue weighted by atomic mass is 10.0. The van der Waals surface area contributed by atoms with Crippen LogP contribution < -0.4 is 0 Å². The van der Waals surface area contributed by atoms with E-state index >= 15 is 0 Å². The molecular formula is C26H40N4O6S2. The summed E-state index contributed by atoms with van der Waals surface area (Å²) in [4.78, 5) is 35.4. The topological polar surface area (TPSA) is 125 Å². The number of aliphatic hydroxyl groups is 2. The third-order valence-corrected chi connectivity index (χ3v) is 7.75.